The molecule has 0 aliphatic heterocycles. The molecule has 2 atom stereocenters. The summed E-state index contributed by atoms with van der Waals surface area (Å²) in [5.41, 5.74) is 4.28. The second kappa shape index (κ2) is 9.64. The van der Waals surface area contributed by atoms with Crippen LogP contribution in [0.15, 0.2) is 48.5 Å². The van der Waals surface area contributed by atoms with E-state index in [1.165, 1.54) is 6.66 Å². The number of hydrogen-bond acceptors (Lipinski definition) is 6. The van der Waals surface area contributed by atoms with E-state index in [0.717, 1.165) is 22.3 Å². The van der Waals surface area contributed by atoms with Crippen LogP contribution in [-0.2, 0) is 23.1 Å². The Balaban J connectivity index is 1.61. The molecule has 1 aliphatic carbocycles. The van der Waals surface area contributed by atoms with Gasteiger partial charge in [0, 0.05) is 12.6 Å². The predicted octanol–water partition coefficient (Wildman–Crippen LogP) is 4.24. The number of hydrogen-bond donors (Lipinski definition) is 2. The first-order valence-corrected chi connectivity index (χ1v) is 11.9. The van der Waals surface area contributed by atoms with Crippen molar-refractivity contribution < 1.29 is 33.0 Å². The molecule has 8 nitrogen and oxygen atoms in total. The van der Waals surface area contributed by atoms with Crippen LogP contribution in [0.3, 0.4) is 0 Å². The van der Waals surface area contributed by atoms with Crippen LogP contribution in [0.1, 0.15) is 30.9 Å². The van der Waals surface area contributed by atoms with Gasteiger partial charge in [-0.15, -0.1) is 0 Å². The summed E-state index contributed by atoms with van der Waals surface area (Å²) in [6, 6.07) is 14.4. The molecule has 1 unspecified atom stereocenters. The summed E-state index contributed by atoms with van der Waals surface area (Å²) < 4.78 is 27.8. The molecule has 0 spiro atoms. The summed E-state index contributed by atoms with van der Waals surface area (Å²) >= 11 is 0. The molecule has 0 heterocycles. The van der Waals surface area contributed by atoms with Gasteiger partial charge in [0.05, 0.1) is 12.7 Å². The van der Waals surface area contributed by atoms with Crippen LogP contribution in [0.4, 0.5) is 4.79 Å². The smallest absolute Gasteiger partial charge is 0.407 e. The van der Waals surface area contributed by atoms with Gasteiger partial charge in [0.2, 0.25) is 0 Å². The Morgan fingerprint density at radius 3 is 2.13 bits per heavy atom. The molecule has 31 heavy (non-hydrogen) atoms. The summed E-state index contributed by atoms with van der Waals surface area (Å²) in [4.78, 5) is 23.8. The van der Waals surface area contributed by atoms with Crippen molar-refractivity contribution in [2.75, 3.05) is 19.9 Å². The standard InChI is InChI=1S/C22H26NO7P/c1-14(2)30-31(3,27)29-13-20(21(24)25)23-22(26)28-12-19-17-10-6-4-8-15(17)16-9-5-7-11-18(16)19/h4-11,14,19-20H,12-13H2,1-3H3,(H,23,26)(H,24,25)/t20-,31?/m0/s1. The van der Waals surface area contributed by atoms with Crippen molar-refractivity contribution in [3.8, 4) is 11.1 Å². The van der Waals surface area contributed by atoms with E-state index < -0.39 is 32.3 Å². The lowest BCUT2D eigenvalue weighted by Gasteiger charge is -2.20. The first-order chi connectivity index (χ1) is 14.7. The Bertz CT molecular complexity index is 961. The Labute approximate surface area is 181 Å². The van der Waals surface area contributed by atoms with Crippen LogP contribution in [-0.4, -0.2) is 49.2 Å². The first-order valence-electron chi connectivity index (χ1n) is 9.92. The van der Waals surface area contributed by atoms with Crippen molar-refractivity contribution in [3.05, 3.63) is 59.7 Å². The van der Waals surface area contributed by atoms with Crippen LogP contribution in [0.5, 0.6) is 0 Å². The third-order valence-electron chi connectivity index (χ3n) is 4.81. The Morgan fingerprint density at radius 2 is 1.61 bits per heavy atom. The van der Waals surface area contributed by atoms with Gasteiger partial charge in [-0.3, -0.25) is 4.57 Å². The molecular weight excluding hydrogens is 421 g/mol. The molecule has 0 bridgehead atoms. The highest BCUT2D eigenvalue weighted by Crippen LogP contribution is 2.45. The van der Waals surface area contributed by atoms with Crippen LogP contribution in [0.2, 0.25) is 0 Å². The van der Waals surface area contributed by atoms with E-state index >= 15 is 0 Å². The number of carboxylic acids is 1. The maximum Gasteiger partial charge on any atom is 0.407 e. The zero-order chi connectivity index (χ0) is 22.6. The van der Waals surface area contributed by atoms with Gasteiger partial charge in [0.25, 0.3) is 0 Å². The molecule has 0 fully saturated rings. The van der Waals surface area contributed by atoms with Gasteiger partial charge in [-0.05, 0) is 36.1 Å². The number of carbonyl (C=O) groups is 2. The molecule has 1 aliphatic rings. The van der Waals surface area contributed by atoms with Gasteiger partial charge in [-0.25, -0.2) is 9.59 Å². The van der Waals surface area contributed by atoms with Gasteiger partial charge < -0.3 is 24.2 Å². The van der Waals surface area contributed by atoms with E-state index in [2.05, 4.69) is 5.32 Å². The highest BCUT2D eigenvalue weighted by atomic mass is 31.2. The minimum Gasteiger partial charge on any atom is -0.480 e. The van der Waals surface area contributed by atoms with Crippen molar-refractivity contribution >= 4 is 19.7 Å². The highest BCUT2D eigenvalue weighted by molar-refractivity contribution is 7.53. The average molecular weight is 447 g/mol. The zero-order valence-corrected chi connectivity index (χ0v) is 18.5. The topological polar surface area (TPSA) is 111 Å². The fourth-order valence-corrected chi connectivity index (χ4v) is 4.83. The predicted molar refractivity (Wildman–Crippen MR) is 115 cm³/mol. The van der Waals surface area contributed by atoms with Crippen molar-refractivity contribution in [1.82, 2.24) is 5.32 Å². The number of carbonyl (C=O) groups excluding carboxylic acids is 1. The number of fused-ring (bicyclic) bond motifs is 3. The summed E-state index contributed by atoms with van der Waals surface area (Å²) in [6.45, 7) is 4.15. The number of ether oxygens (including phenoxy) is 1. The minimum absolute atomic E-state index is 0.0514. The maximum absolute atomic E-state index is 12.3. The van der Waals surface area contributed by atoms with Gasteiger partial charge in [0.15, 0.2) is 6.04 Å². The number of alkyl carbamates (subject to hydrolysis) is 1. The van der Waals surface area contributed by atoms with Crippen molar-refractivity contribution in [1.29, 1.82) is 0 Å². The Hall–Kier alpha value is -2.67. The lowest BCUT2D eigenvalue weighted by Crippen LogP contribution is -2.44. The van der Waals surface area contributed by atoms with Crippen molar-refractivity contribution in [3.63, 3.8) is 0 Å². The molecule has 2 N–H and O–H groups in total. The van der Waals surface area contributed by atoms with Gasteiger partial charge in [-0.2, -0.15) is 0 Å². The second-order valence-electron chi connectivity index (χ2n) is 7.58. The second-order valence-corrected chi connectivity index (χ2v) is 9.59. The summed E-state index contributed by atoms with van der Waals surface area (Å²) in [5.74, 6) is -1.48. The van der Waals surface area contributed by atoms with Crippen LogP contribution in [0.25, 0.3) is 11.1 Å². The largest absolute Gasteiger partial charge is 0.480 e. The maximum atomic E-state index is 12.3. The molecule has 0 saturated heterocycles. The Kier molecular flexibility index (Phi) is 7.15. The highest BCUT2D eigenvalue weighted by Gasteiger charge is 2.30. The number of nitrogens with one attached hydrogen (secondary N) is 1. The van der Waals surface area contributed by atoms with Crippen molar-refractivity contribution in [2.45, 2.75) is 31.9 Å². The van der Waals surface area contributed by atoms with E-state index in [-0.39, 0.29) is 18.6 Å². The quantitative estimate of drug-likeness (QED) is 0.553. The number of amides is 1. The molecule has 1 amide bonds. The summed E-state index contributed by atoms with van der Waals surface area (Å²) in [6.07, 6.45) is -1.25. The van der Waals surface area contributed by atoms with E-state index in [9.17, 15) is 19.3 Å². The fourth-order valence-electron chi connectivity index (χ4n) is 3.58. The first kappa shape index (κ1) is 23.0. The molecule has 2 aromatic carbocycles. The SMILES string of the molecule is CC(C)OP(C)(=O)OC[C@H](NC(=O)OCC1c2ccccc2-c2ccccc21)C(=O)O. The molecular formula is C22H26NO7P. The van der Waals surface area contributed by atoms with Gasteiger partial charge in [-0.1, -0.05) is 48.5 Å². The van der Waals surface area contributed by atoms with Crippen molar-refractivity contribution in [2.24, 2.45) is 0 Å². The third kappa shape index (κ3) is 5.73. The monoisotopic (exact) mass is 447 g/mol. The zero-order valence-electron chi connectivity index (χ0n) is 17.6. The molecule has 166 valence electrons. The normalized spacial score (nSPS) is 15.6. The number of rotatable bonds is 9. The molecule has 0 radical (unpaired) electrons. The Morgan fingerprint density at radius 1 is 1.06 bits per heavy atom. The lowest BCUT2D eigenvalue weighted by molar-refractivity contribution is -0.140. The summed E-state index contributed by atoms with van der Waals surface area (Å²) in [7, 11) is -3.45. The third-order valence-corrected chi connectivity index (χ3v) is 6.23. The van der Waals surface area contributed by atoms with Crippen LogP contribution < -0.4 is 5.32 Å². The van der Waals surface area contributed by atoms with Gasteiger partial charge in [0.1, 0.15) is 6.61 Å². The molecule has 2 aromatic rings. The summed E-state index contributed by atoms with van der Waals surface area (Å²) in [5, 5.41) is 11.6. The molecule has 0 saturated carbocycles. The van der Waals surface area contributed by atoms with E-state index in [0.29, 0.717) is 0 Å². The minimum atomic E-state index is -3.45. The van der Waals surface area contributed by atoms with Crippen LogP contribution in [0, 0.1) is 0 Å². The number of aliphatic carboxylic acids is 1. The number of benzene rings is 2. The van der Waals surface area contributed by atoms with E-state index in [1.807, 2.05) is 48.5 Å². The lowest BCUT2D eigenvalue weighted by atomic mass is 9.98. The fraction of sp³-hybridized carbons (Fsp3) is 0.364. The van der Waals surface area contributed by atoms with E-state index in [4.69, 9.17) is 13.8 Å². The van der Waals surface area contributed by atoms with Crippen LogP contribution >= 0.6 is 7.60 Å². The number of carboxylic acid groups (broad SMARTS) is 1. The molecule has 3 rings (SSSR count). The average Bonchev–Trinajstić information content (AvgIpc) is 3.02. The molecule has 0 aromatic heterocycles. The molecule has 9 heteroatoms. The van der Waals surface area contributed by atoms with E-state index in [1.54, 1.807) is 13.8 Å². The van der Waals surface area contributed by atoms with Gasteiger partial charge >= 0.3 is 19.7 Å².